The molecule has 0 aliphatic carbocycles. The molecular formula is C23H19F4N5O. The molecule has 4 rings (SSSR count). The Morgan fingerprint density at radius 3 is 2.48 bits per heavy atom. The fraction of sp³-hybridized carbons (Fsp3) is 0.217. The molecule has 0 fully saturated rings. The van der Waals surface area contributed by atoms with Gasteiger partial charge in [0.25, 0.3) is 0 Å². The molecule has 6 nitrogen and oxygen atoms in total. The molecule has 0 aliphatic rings. The summed E-state index contributed by atoms with van der Waals surface area (Å²) in [6.07, 6.45) is -2.04. The first-order valence-corrected chi connectivity index (χ1v) is 9.94. The molecule has 3 heterocycles. The highest BCUT2D eigenvalue weighted by Gasteiger charge is 2.35. The number of aromatic nitrogens is 4. The number of fused-ring (bicyclic) bond motifs is 1. The lowest BCUT2D eigenvalue weighted by molar-refractivity contribution is -0.140. The van der Waals surface area contributed by atoms with Crippen LogP contribution in [0.25, 0.3) is 28.2 Å². The van der Waals surface area contributed by atoms with Gasteiger partial charge in [-0.15, -0.1) is 0 Å². The van der Waals surface area contributed by atoms with E-state index in [1.165, 1.54) is 53.2 Å². The maximum Gasteiger partial charge on any atom is 0.434 e. The minimum absolute atomic E-state index is 0.00306. The second-order valence-corrected chi connectivity index (χ2v) is 8.44. The van der Waals surface area contributed by atoms with Crippen molar-refractivity contribution in [3.8, 4) is 22.5 Å². The molecule has 0 aliphatic heterocycles. The van der Waals surface area contributed by atoms with Gasteiger partial charge in [-0.25, -0.2) is 13.9 Å². The molecule has 4 aromatic rings. The van der Waals surface area contributed by atoms with Gasteiger partial charge in [0, 0.05) is 22.7 Å². The minimum atomic E-state index is -4.63. The van der Waals surface area contributed by atoms with Crippen LogP contribution in [0.1, 0.15) is 26.5 Å². The van der Waals surface area contributed by atoms with Gasteiger partial charge in [0.1, 0.15) is 5.82 Å². The smallest absolute Gasteiger partial charge is 0.323 e. The summed E-state index contributed by atoms with van der Waals surface area (Å²) >= 11 is 0. The summed E-state index contributed by atoms with van der Waals surface area (Å²) in [6, 6.07) is 9.82. The predicted octanol–water partition coefficient (Wildman–Crippen LogP) is 5.60. The number of hydrogen-bond acceptors (Lipinski definition) is 4. The first-order chi connectivity index (χ1) is 15.4. The van der Waals surface area contributed by atoms with Crippen LogP contribution in [0.5, 0.6) is 0 Å². The Morgan fingerprint density at radius 1 is 1.03 bits per heavy atom. The van der Waals surface area contributed by atoms with Crippen LogP contribution in [0.4, 0.5) is 23.2 Å². The number of nitrogens with one attached hydrogen (secondary N) is 1. The van der Waals surface area contributed by atoms with E-state index >= 15 is 0 Å². The van der Waals surface area contributed by atoms with Crippen molar-refractivity contribution >= 4 is 17.2 Å². The quantitative estimate of drug-likeness (QED) is 0.407. The van der Waals surface area contributed by atoms with Gasteiger partial charge >= 0.3 is 6.18 Å². The van der Waals surface area contributed by atoms with Gasteiger partial charge in [-0.2, -0.15) is 18.3 Å². The highest BCUT2D eigenvalue weighted by Crippen LogP contribution is 2.35. The highest BCUT2D eigenvalue weighted by molar-refractivity contribution is 5.95. The van der Waals surface area contributed by atoms with E-state index in [0.717, 1.165) is 6.20 Å². The molecule has 0 saturated carbocycles. The van der Waals surface area contributed by atoms with Crippen LogP contribution >= 0.6 is 0 Å². The molecule has 1 N–H and O–H groups in total. The fourth-order valence-electron chi connectivity index (χ4n) is 3.09. The van der Waals surface area contributed by atoms with Gasteiger partial charge in [-0.05, 0) is 42.5 Å². The fourth-order valence-corrected chi connectivity index (χ4v) is 3.09. The van der Waals surface area contributed by atoms with Crippen LogP contribution in [-0.4, -0.2) is 25.5 Å². The van der Waals surface area contributed by atoms with Crippen molar-refractivity contribution < 1.29 is 22.4 Å². The molecule has 170 valence electrons. The number of halogens is 4. The van der Waals surface area contributed by atoms with Crippen molar-refractivity contribution in [3.63, 3.8) is 0 Å². The molecule has 0 radical (unpaired) electrons. The third-order valence-corrected chi connectivity index (χ3v) is 4.86. The van der Waals surface area contributed by atoms with Crippen molar-refractivity contribution in [1.82, 2.24) is 19.6 Å². The number of rotatable bonds is 3. The zero-order valence-electron chi connectivity index (χ0n) is 17.9. The van der Waals surface area contributed by atoms with E-state index in [2.05, 4.69) is 20.4 Å². The second-order valence-electron chi connectivity index (χ2n) is 8.44. The third kappa shape index (κ3) is 4.55. The summed E-state index contributed by atoms with van der Waals surface area (Å²) in [4.78, 5) is 20.1. The van der Waals surface area contributed by atoms with Gasteiger partial charge in [0.05, 0.1) is 23.3 Å². The zero-order valence-corrected chi connectivity index (χ0v) is 17.9. The largest absolute Gasteiger partial charge is 0.434 e. The average Bonchev–Trinajstić information content (AvgIpc) is 3.17. The van der Waals surface area contributed by atoms with Crippen molar-refractivity contribution in [2.24, 2.45) is 5.41 Å². The highest BCUT2D eigenvalue weighted by atomic mass is 19.4. The van der Waals surface area contributed by atoms with Gasteiger partial charge in [0.15, 0.2) is 11.3 Å². The minimum Gasteiger partial charge on any atom is -0.323 e. The lowest BCUT2D eigenvalue weighted by atomic mass is 9.95. The lowest BCUT2D eigenvalue weighted by Crippen LogP contribution is -2.28. The Hall–Kier alpha value is -3.82. The number of pyridine rings is 1. The van der Waals surface area contributed by atoms with Crippen LogP contribution in [0, 0.1) is 11.2 Å². The molecule has 0 atom stereocenters. The predicted molar refractivity (Wildman–Crippen MR) is 115 cm³/mol. The van der Waals surface area contributed by atoms with E-state index in [9.17, 15) is 22.4 Å². The number of anilines is 1. The lowest BCUT2D eigenvalue weighted by Gasteiger charge is -2.18. The van der Waals surface area contributed by atoms with E-state index in [4.69, 9.17) is 0 Å². The maximum absolute atomic E-state index is 14.3. The first-order valence-electron chi connectivity index (χ1n) is 9.94. The number of imidazole rings is 1. The van der Waals surface area contributed by atoms with Crippen LogP contribution in [0.2, 0.25) is 0 Å². The Bertz CT molecular complexity index is 1360. The number of carbonyl (C=O) groups is 1. The van der Waals surface area contributed by atoms with Crippen LogP contribution in [0.15, 0.2) is 54.9 Å². The molecule has 1 aromatic carbocycles. The van der Waals surface area contributed by atoms with E-state index in [1.54, 1.807) is 20.8 Å². The summed E-state index contributed by atoms with van der Waals surface area (Å²) in [5.74, 6) is -0.950. The molecule has 3 aromatic heterocycles. The Labute approximate surface area is 186 Å². The number of benzene rings is 1. The van der Waals surface area contributed by atoms with Crippen LogP contribution < -0.4 is 5.32 Å². The van der Waals surface area contributed by atoms with Gasteiger partial charge in [0.2, 0.25) is 5.91 Å². The number of carbonyl (C=O) groups excluding carboxylic acids is 1. The van der Waals surface area contributed by atoms with E-state index < -0.39 is 23.1 Å². The van der Waals surface area contributed by atoms with E-state index in [1.807, 2.05) is 0 Å². The van der Waals surface area contributed by atoms with Crippen molar-refractivity contribution in [2.45, 2.75) is 26.9 Å². The van der Waals surface area contributed by atoms with Crippen molar-refractivity contribution in [1.29, 1.82) is 0 Å². The molecule has 0 spiro atoms. The number of hydrogen-bond donors (Lipinski definition) is 1. The number of nitrogens with zero attached hydrogens (tertiary/aromatic N) is 4. The van der Waals surface area contributed by atoms with Crippen molar-refractivity contribution in [3.05, 3.63) is 66.4 Å². The average molecular weight is 457 g/mol. The second kappa shape index (κ2) is 7.95. The first kappa shape index (κ1) is 22.4. The zero-order chi connectivity index (χ0) is 24.0. The summed E-state index contributed by atoms with van der Waals surface area (Å²) in [5.41, 5.74) is -0.527. The summed E-state index contributed by atoms with van der Waals surface area (Å²) in [5, 5.41) is 6.82. The number of amides is 1. The van der Waals surface area contributed by atoms with Crippen molar-refractivity contribution in [2.75, 3.05) is 5.32 Å². The van der Waals surface area contributed by atoms with Crippen LogP contribution in [-0.2, 0) is 11.0 Å². The summed E-state index contributed by atoms with van der Waals surface area (Å²) in [7, 11) is 0. The normalized spacial score (nSPS) is 12.2. The van der Waals surface area contributed by atoms with Gasteiger partial charge in [-0.1, -0.05) is 20.8 Å². The number of alkyl halides is 3. The van der Waals surface area contributed by atoms with E-state index in [-0.39, 0.29) is 22.9 Å². The molecule has 10 heteroatoms. The van der Waals surface area contributed by atoms with Gasteiger partial charge in [-0.3, -0.25) is 9.78 Å². The molecule has 1 amide bonds. The maximum atomic E-state index is 14.3. The topological polar surface area (TPSA) is 72.2 Å². The third-order valence-electron chi connectivity index (χ3n) is 4.86. The Morgan fingerprint density at radius 2 is 1.79 bits per heavy atom. The van der Waals surface area contributed by atoms with Crippen LogP contribution in [0.3, 0.4) is 0 Å². The monoisotopic (exact) mass is 457 g/mol. The van der Waals surface area contributed by atoms with Gasteiger partial charge < -0.3 is 5.32 Å². The summed E-state index contributed by atoms with van der Waals surface area (Å²) < 4.78 is 55.6. The standard InChI is InChI=1S/C23H19F4N5O/c1-22(2,3)21(33)30-17-11-13(6-7-15(17)24)18-12-32-19(29-18)9-8-16(31-32)14-5-4-10-28-20(14)23(25,26)27/h4-12H,1-3H3,(H,30,33). The Balaban J connectivity index is 1.72. The molecular weight excluding hydrogens is 438 g/mol. The van der Waals surface area contributed by atoms with E-state index in [0.29, 0.717) is 16.9 Å². The summed E-state index contributed by atoms with van der Waals surface area (Å²) in [6.45, 7) is 5.13. The molecule has 33 heavy (non-hydrogen) atoms. The molecule has 0 unspecified atom stereocenters. The Kier molecular flexibility index (Phi) is 5.39. The molecule has 0 saturated heterocycles. The SMILES string of the molecule is CC(C)(C)C(=O)Nc1cc(-c2cn3nc(-c4cccnc4C(F)(F)F)ccc3n2)ccc1F. The molecule has 0 bridgehead atoms.